The van der Waals surface area contributed by atoms with Gasteiger partial charge in [-0.25, -0.2) is 4.98 Å². The van der Waals surface area contributed by atoms with Crippen LogP contribution in [-0.2, 0) is 4.74 Å². The number of rotatable bonds is 5. The molecule has 106 valence electrons. The lowest BCUT2D eigenvalue weighted by atomic mass is 10.1. The summed E-state index contributed by atoms with van der Waals surface area (Å²) in [6.07, 6.45) is 5.60. The summed E-state index contributed by atoms with van der Waals surface area (Å²) in [5.74, 6) is 0.383. The second kappa shape index (κ2) is 6.82. The zero-order valence-corrected chi connectivity index (χ0v) is 11.0. The minimum Gasteiger partial charge on any atom is -0.378 e. The normalized spacial score (nSPS) is 18.2. The summed E-state index contributed by atoms with van der Waals surface area (Å²) >= 11 is 0. The van der Waals surface area contributed by atoms with Crippen molar-refractivity contribution in [1.29, 1.82) is 5.26 Å². The van der Waals surface area contributed by atoms with E-state index in [0.717, 1.165) is 32.1 Å². The van der Waals surface area contributed by atoms with Crippen LogP contribution in [0, 0.1) is 21.4 Å². The SMILES string of the molecule is N#Cc1cc([N+](=O)[O-])cnc1NCCC1CCCCO1. The number of hydrogen-bond acceptors (Lipinski definition) is 6. The van der Waals surface area contributed by atoms with Crippen LogP contribution in [0.15, 0.2) is 12.3 Å². The standard InChI is InChI=1S/C13H16N4O3/c14-8-10-7-11(17(18)19)9-16-13(10)15-5-4-12-3-1-2-6-20-12/h7,9,12H,1-6H2,(H,15,16). The van der Waals surface area contributed by atoms with Crippen molar-refractivity contribution >= 4 is 11.5 Å². The fourth-order valence-corrected chi connectivity index (χ4v) is 2.17. The summed E-state index contributed by atoms with van der Waals surface area (Å²) in [5.41, 5.74) is 0.00600. The second-order valence-electron chi connectivity index (χ2n) is 4.66. The molecule has 20 heavy (non-hydrogen) atoms. The molecular weight excluding hydrogens is 260 g/mol. The van der Waals surface area contributed by atoms with Gasteiger partial charge in [0.2, 0.25) is 0 Å². The Hall–Kier alpha value is -2.20. The number of aromatic nitrogens is 1. The van der Waals surface area contributed by atoms with Crippen LogP contribution in [0.4, 0.5) is 11.5 Å². The number of nitriles is 1. The number of anilines is 1. The number of nitrogens with one attached hydrogen (secondary N) is 1. The fourth-order valence-electron chi connectivity index (χ4n) is 2.17. The van der Waals surface area contributed by atoms with Crippen LogP contribution in [0.25, 0.3) is 0 Å². The van der Waals surface area contributed by atoms with Crippen molar-refractivity contribution in [1.82, 2.24) is 4.98 Å². The molecule has 1 atom stereocenters. The average Bonchev–Trinajstić information content (AvgIpc) is 2.48. The van der Waals surface area contributed by atoms with Crippen LogP contribution < -0.4 is 5.32 Å². The second-order valence-corrected chi connectivity index (χ2v) is 4.66. The first kappa shape index (κ1) is 14.2. The maximum atomic E-state index is 10.6. The maximum Gasteiger partial charge on any atom is 0.289 e. The molecule has 1 aromatic rings. The molecule has 1 aliphatic rings. The Kier molecular flexibility index (Phi) is 4.85. The minimum absolute atomic E-state index is 0.178. The van der Waals surface area contributed by atoms with Gasteiger partial charge in [0.15, 0.2) is 0 Å². The third-order valence-electron chi connectivity index (χ3n) is 3.24. The van der Waals surface area contributed by atoms with Crippen LogP contribution in [0.2, 0.25) is 0 Å². The molecule has 0 bridgehead atoms. The van der Waals surface area contributed by atoms with Gasteiger partial charge in [0.25, 0.3) is 5.69 Å². The Morgan fingerprint density at radius 3 is 3.10 bits per heavy atom. The lowest BCUT2D eigenvalue weighted by Crippen LogP contribution is -2.22. The highest BCUT2D eigenvalue weighted by atomic mass is 16.6. The minimum atomic E-state index is -0.562. The zero-order chi connectivity index (χ0) is 14.4. The van der Waals surface area contributed by atoms with Crippen LogP contribution >= 0.6 is 0 Å². The maximum absolute atomic E-state index is 10.6. The molecule has 7 nitrogen and oxygen atoms in total. The van der Waals surface area contributed by atoms with E-state index in [0.29, 0.717) is 12.4 Å². The molecule has 1 fully saturated rings. The van der Waals surface area contributed by atoms with Gasteiger partial charge in [-0.1, -0.05) is 0 Å². The molecule has 0 aromatic carbocycles. The van der Waals surface area contributed by atoms with Crippen LogP contribution in [0.5, 0.6) is 0 Å². The van der Waals surface area contributed by atoms with Gasteiger partial charge in [-0.05, 0) is 25.7 Å². The largest absolute Gasteiger partial charge is 0.378 e. The predicted molar refractivity (Wildman–Crippen MR) is 72.3 cm³/mol. The van der Waals surface area contributed by atoms with E-state index in [9.17, 15) is 10.1 Å². The zero-order valence-electron chi connectivity index (χ0n) is 11.0. The Balaban J connectivity index is 1.92. The van der Waals surface area contributed by atoms with E-state index in [-0.39, 0.29) is 17.4 Å². The third-order valence-corrected chi connectivity index (χ3v) is 3.24. The number of hydrogen-bond donors (Lipinski definition) is 1. The lowest BCUT2D eigenvalue weighted by molar-refractivity contribution is -0.385. The predicted octanol–water partition coefficient (Wildman–Crippen LogP) is 2.23. The van der Waals surface area contributed by atoms with E-state index >= 15 is 0 Å². The number of ether oxygens (including phenoxy) is 1. The van der Waals surface area contributed by atoms with Crippen molar-refractivity contribution in [3.63, 3.8) is 0 Å². The first-order chi connectivity index (χ1) is 9.70. The van der Waals surface area contributed by atoms with Gasteiger partial charge >= 0.3 is 0 Å². The Morgan fingerprint density at radius 1 is 1.60 bits per heavy atom. The van der Waals surface area contributed by atoms with E-state index in [4.69, 9.17) is 10.00 Å². The summed E-state index contributed by atoms with van der Waals surface area (Å²) < 4.78 is 5.61. The van der Waals surface area contributed by atoms with Gasteiger partial charge in [0.1, 0.15) is 23.6 Å². The quantitative estimate of drug-likeness (QED) is 0.653. The van der Waals surface area contributed by atoms with Crippen LogP contribution in [0.3, 0.4) is 0 Å². The van der Waals surface area contributed by atoms with Gasteiger partial charge in [-0.15, -0.1) is 0 Å². The summed E-state index contributed by atoms with van der Waals surface area (Å²) in [6.45, 7) is 1.44. The molecule has 1 aliphatic heterocycles. The van der Waals surface area contributed by atoms with E-state index in [1.807, 2.05) is 6.07 Å². The number of nitro groups is 1. The summed E-state index contributed by atoms with van der Waals surface area (Å²) in [6, 6.07) is 3.15. The molecule has 0 spiro atoms. The molecule has 1 N–H and O–H groups in total. The van der Waals surface area contributed by atoms with Crippen LogP contribution in [-0.4, -0.2) is 29.2 Å². The molecule has 0 saturated carbocycles. The van der Waals surface area contributed by atoms with Crippen LogP contribution in [0.1, 0.15) is 31.2 Å². The average molecular weight is 276 g/mol. The van der Waals surface area contributed by atoms with Crippen molar-refractivity contribution in [2.24, 2.45) is 0 Å². The van der Waals surface area contributed by atoms with Gasteiger partial charge in [-0.2, -0.15) is 5.26 Å². The van der Waals surface area contributed by atoms with Crippen molar-refractivity contribution in [2.45, 2.75) is 31.8 Å². The van der Waals surface area contributed by atoms with Gasteiger partial charge in [-0.3, -0.25) is 10.1 Å². The van der Waals surface area contributed by atoms with Crippen molar-refractivity contribution in [3.8, 4) is 6.07 Å². The molecular formula is C13H16N4O3. The van der Waals surface area contributed by atoms with Gasteiger partial charge in [0, 0.05) is 19.2 Å². The van der Waals surface area contributed by atoms with E-state index in [1.54, 1.807) is 0 Å². The van der Waals surface area contributed by atoms with E-state index in [2.05, 4.69) is 10.3 Å². The molecule has 2 heterocycles. The highest BCUT2D eigenvalue weighted by Crippen LogP contribution is 2.19. The Morgan fingerprint density at radius 2 is 2.45 bits per heavy atom. The summed E-state index contributed by atoms with van der Waals surface area (Å²) in [4.78, 5) is 14.0. The molecule has 1 aromatic heterocycles. The molecule has 0 radical (unpaired) electrons. The van der Waals surface area contributed by atoms with Crippen molar-refractivity contribution in [3.05, 3.63) is 27.9 Å². The first-order valence-electron chi connectivity index (χ1n) is 6.60. The first-order valence-corrected chi connectivity index (χ1v) is 6.60. The summed E-state index contributed by atoms with van der Waals surface area (Å²) in [7, 11) is 0. The molecule has 1 unspecified atom stereocenters. The highest BCUT2D eigenvalue weighted by molar-refractivity contribution is 5.55. The van der Waals surface area contributed by atoms with E-state index in [1.165, 1.54) is 12.5 Å². The molecule has 2 rings (SSSR count). The topological polar surface area (TPSA) is 101 Å². The lowest BCUT2D eigenvalue weighted by Gasteiger charge is -2.22. The van der Waals surface area contributed by atoms with Gasteiger partial charge < -0.3 is 10.1 Å². The third kappa shape index (κ3) is 3.65. The Labute approximate surface area is 116 Å². The van der Waals surface area contributed by atoms with Gasteiger partial charge in [0.05, 0.1) is 11.0 Å². The molecule has 1 saturated heterocycles. The van der Waals surface area contributed by atoms with Crippen molar-refractivity contribution in [2.75, 3.05) is 18.5 Å². The van der Waals surface area contributed by atoms with E-state index < -0.39 is 4.92 Å². The molecule has 0 amide bonds. The molecule has 7 heteroatoms. The number of pyridine rings is 1. The number of nitrogens with zero attached hydrogens (tertiary/aromatic N) is 3. The van der Waals surface area contributed by atoms with Crippen molar-refractivity contribution < 1.29 is 9.66 Å². The smallest absolute Gasteiger partial charge is 0.289 e. The fraction of sp³-hybridized carbons (Fsp3) is 0.538. The highest BCUT2D eigenvalue weighted by Gasteiger charge is 2.15. The molecule has 0 aliphatic carbocycles. The summed E-state index contributed by atoms with van der Waals surface area (Å²) in [5, 5.41) is 22.7. The monoisotopic (exact) mass is 276 g/mol. The Bertz CT molecular complexity index is 521.